The normalized spacial score (nSPS) is 16.5. The van der Waals surface area contributed by atoms with E-state index in [9.17, 15) is 8.42 Å². The van der Waals surface area contributed by atoms with Gasteiger partial charge in [0.1, 0.15) is 0 Å². The Kier molecular flexibility index (Phi) is 6.41. The van der Waals surface area contributed by atoms with Crippen LogP contribution in [0, 0.1) is 0 Å². The van der Waals surface area contributed by atoms with Crippen molar-refractivity contribution in [3.05, 3.63) is 29.8 Å². The van der Waals surface area contributed by atoms with Gasteiger partial charge < -0.3 is 10.6 Å². The molecule has 23 heavy (non-hydrogen) atoms. The van der Waals surface area contributed by atoms with Gasteiger partial charge in [0.25, 0.3) is 0 Å². The van der Waals surface area contributed by atoms with E-state index in [1.807, 2.05) is 6.92 Å². The van der Waals surface area contributed by atoms with Crippen LogP contribution in [-0.2, 0) is 16.6 Å². The second kappa shape index (κ2) is 8.31. The lowest BCUT2D eigenvalue weighted by molar-refractivity contribution is 0.588. The number of nitrogens with one attached hydrogen (secondary N) is 3. The third-order valence-electron chi connectivity index (χ3n) is 3.96. The Bertz CT molecular complexity index is 620. The number of guanidine groups is 1. The highest BCUT2D eigenvalue weighted by Gasteiger charge is 2.15. The van der Waals surface area contributed by atoms with Crippen LogP contribution < -0.4 is 15.4 Å². The van der Waals surface area contributed by atoms with E-state index in [1.54, 1.807) is 24.3 Å². The maximum atomic E-state index is 11.7. The molecule has 1 aliphatic carbocycles. The van der Waals surface area contributed by atoms with Crippen molar-refractivity contribution in [2.45, 2.75) is 50.1 Å². The highest BCUT2D eigenvalue weighted by Crippen LogP contribution is 2.17. The molecule has 0 atom stereocenters. The van der Waals surface area contributed by atoms with Crippen molar-refractivity contribution in [2.24, 2.45) is 4.99 Å². The SMILES string of the molecule is CCNC(=NCc1ccc(S(=O)(=O)NC)cc1)NC1CCCC1. The van der Waals surface area contributed by atoms with Crippen LogP contribution in [0.5, 0.6) is 0 Å². The predicted octanol–water partition coefficient (Wildman–Crippen LogP) is 1.59. The molecule has 0 spiro atoms. The van der Waals surface area contributed by atoms with Crippen molar-refractivity contribution in [2.75, 3.05) is 13.6 Å². The van der Waals surface area contributed by atoms with E-state index >= 15 is 0 Å². The molecule has 1 aromatic rings. The summed E-state index contributed by atoms with van der Waals surface area (Å²) in [6, 6.07) is 7.32. The Morgan fingerprint density at radius 2 is 1.87 bits per heavy atom. The summed E-state index contributed by atoms with van der Waals surface area (Å²) in [5.74, 6) is 0.825. The fourth-order valence-electron chi connectivity index (χ4n) is 2.65. The molecule has 1 aliphatic rings. The minimum absolute atomic E-state index is 0.267. The summed E-state index contributed by atoms with van der Waals surface area (Å²) in [7, 11) is -1.97. The van der Waals surface area contributed by atoms with Crippen LogP contribution in [-0.4, -0.2) is 34.0 Å². The van der Waals surface area contributed by atoms with Crippen molar-refractivity contribution < 1.29 is 8.42 Å². The molecule has 0 saturated heterocycles. The third-order valence-corrected chi connectivity index (χ3v) is 5.39. The van der Waals surface area contributed by atoms with Gasteiger partial charge >= 0.3 is 0 Å². The van der Waals surface area contributed by atoms with Gasteiger partial charge in [-0.25, -0.2) is 18.1 Å². The fourth-order valence-corrected chi connectivity index (χ4v) is 3.38. The number of hydrogen-bond donors (Lipinski definition) is 3. The molecule has 0 heterocycles. The van der Waals surface area contributed by atoms with Crippen LogP contribution in [0.25, 0.3) is 0 Å². The summed E-state index contributed by atoms with van der Waals surface area (Å²) >= 11 is 0. The quantitative estimate of drug-likeness (QED) is 0.543. The summed E-state index contributed by atoms with van der Waals surface area (Å²) in [5, 5.41) is 6.72. The molecule has 1 saturated carbocycles. The number of rotatable bonds is 6. The average molecular weight is 338 g/mol. The number of benzene rings is 1. The molecule has 0 aliphatic heterocycles. The first kappa shape index (κ1) is 17.7. The van der Waals surface area contributed by atoms with Crippen LogP contribution >= 0.6 is 0 Å². The molecule has 3 N–H and O–H groups in total. The lowest BCUT2D eigenvalue weighted by Crippen LogP contribution is -2.42. The smallest absolute Gasteiger partial charge is 0.240 e. The molecule has 6 nitrogen and oxygen atoms in total. The van der Waals surface area contributed by atoms with Gasteiger partial charge in [-0.05, 0) is 44.5 Å². The van der Waals surface area contributed by atoms with E-state index in [1.165, 1.54) is 32.7 Å². The van der Waals surface area contributed by atoms with Gasteiger partial charge in [0, 0.05) is 12.6 Å². The molecule has 0 bridgehead atoms. The lowest BCUT2D eigenvalue weighted by atomic mass is 10.2. The molecule has 0 radical (unpaired) electrons. The van der Waals surface area contributed by atoms with Gasteiger partial charge in [0.05, 0.1) is 11.4 Å². The lowest BCUT2D eigenvalue weighted by Gasteiger charge is -2.16. The molecular weight excluding hydrogens is 312 g/mol. The molecule has 1 fully saturated rings. The van der Waals surface area contributed by atoms with Crippen molar-refractivity contribution in [1.82, 2.24) is 15.4 Å². The van der Waals surface area contributed by atoms with E-state index in [0.29, 0.717) is 12.6 Å². The monoisotopic (exact) mass is 338 g/mol. The standard InChI is InChI=1S/C16H26N4O2S/c1-3-18-16(20-14-6-4-5-7-14)19-12-13-8-10-15(11-9-13)23(21,22)17-2/h8-11,14,17H,3-7,12H2,1-2H3,(H2,18,19,20). The van der Waals surface area contributed by atoms with Crippen molar-refractivity contribution in [1.29, 1.82) is 0 Å². The van der Waals surface area contributed by atoms with Gasteiger partial charge in [-0.3, -0.25) is 0 Å². The highest BCUT2D eigenvalue weighted by molar-refractivity contribution is 7.89. The maximum Gasteiger partial charge on any atom is 0.240 e. The minimum atomic E-state index is -3.38. The number of nitrogens with zero attached hydrogens (tertiary/aromatic N) is 1. The summed E-state index contributed by atoms with van der Waals surface area (Å²) in [6.07, 6.45) is 4.94. The average Bonchev–Trinajstić information content (AvgIpc) is 3.06. The summed E-state index contributed by atoms with van der Waals surface area (Å²) in [5.41, 5.74) is 0.976. The summed E-state index contributed by atoms with van der Waals surface area (Å²) in [4.78, 5) is 4.86. The number of aliphatic imine (C=N–C) groups is 1. The Hall–Kier alpha value is -1.60. The fraction of sp³-hybridized carbons (Fsp3) is 0.562. The zero-order valence-corrected chi connectivity index (χ0v) is 14.6. The van der Waals surface area contributed by atoms with E-state index in [2.05, 4.69) is 20.3 Å². The van der Waals surface area contributed by atoms with Crippen LogP contribution in [0.3, 0.4) is 0 Å². The highest BCUT2D eigenvalue weighted by atomic mass is 32.2. The van der Waals surface area contributed by atoms with Crippen LogP contribution in [0.4, 0.5) is 0 Å². The van der Waals surface area contributed by atoms with Crippen molar-refractivity contribution >= 4 is 16.0 Å². The molecule has 2 rings (SSSR count). The molecule has 0 unspecified atom stereocenters. The van der Waals surface area contributed by atoms with Gasteiger partial charge in [-0.1, -0.05) is 25.0 Å². The Labute approximate surface area is 138 Å². The summed E-state index contributed by atoms with van der Waals surface area (Å²) < 4.78 is 25.7. The van der Waals surface area contributed by atoms with E-state index < -0.39 is 10.0 Å². The number of sulfonamides is 1. The molecular formula is C16H26N4O2S. The van der Waals surface area contributed by atoms with Crippen LogP contribution in [0.1, 0.15) is 38.2 Å². The maximum absolute atomic E-state index is 11.7. The third kappa shape index (κ3) is 5.21. The van der Waals surface area contributed by atoms with E-state index in [-0.39, 0.29) is 4.90 Å². The van der Waals surface area contributed by atoms with Crippen molar-refractivity contribution in [3.8, 4) is 0 Å². The largest absolute Gasteiger partial charge is 0.357 e. The van der Waals surface area contributed by atoms with Gasteiger partial charge in [0.15, 0.2) is 5.96 Å². The van der Waals surface area contributed by atoms with Gasteiger partial charge in [0.2, 0.25) is 10.0 Å². The Morgan fingerprint density at radius 3 is 2.43 bits per heavy atom. The van der Waals surface area contributed by atoms with Gasteiger partial charge in [-0.15, -0.1) is 0 Å². The number of hydrogen-bond acceptors (Lipinski definition) is 3. The van der Waals surface area contributed by atoms with Gasteiger partial charge in [-0.2, -0.15) is 0 Å². The van der Waals surface area contributed by atoms with Crippen LogP contribution in [0.2, 0.25) is 0 Å². The second-order valence-electron chi connectivity index (χ2n) is 5.67. The zero-order valence-electron chi connectivity index (χ0n) is 13.8. The first-order chi connectivity index (χ1) is 11.0. The summed E-state index contributed by atoms with van der Waals surface area (Å²) in [6.45, 7) is 3.38. The molecule has 7 heteroatoms. The molecule has 0 amide bonds. The van der Waals surface area contributed by atoms with E-state index in [0.717, 1.165) is 18.1 Å². The molecule has 0 aromatic heterocycles. The first-order valence-electron chi connectivity index (χ1n) is 8.12. The Balaban J connectivity index is 2.00. The van der Waals surface area contributed by atoms with E-state index in [4.69, 9.17) is 0 Å². The Morgan fingerprint density at radius 1 is 1.22 bits per heavy atom. The first-order valence-corrected chi connectivity index (χ1v) is 9.61. The topological polar surface area (TPSA) is 82.6 Å². The zero-order chi connectivity index (χ0) is 16.7. The molecule has 128 valence electrons. The van der Waals surface area contributed by atoms with Crippen molar-refractivity contribution in [3.63, 3.8) is 0 Å². The molecule has 1 aromatic carbocycles. The van der Waals surface area contributed by atoms with Crippen LogP contribution in [0.15, 0.2) is 34.2 Å². The predicted molar refractivity (Wildman–Crippen MR) is 92.9 cm³/mol. The minimum Gasteiger partial charge on any atom is -0.357 e. The second-order valence-corrected chi connectivity index (χ2v) is 7.56.